The molecule has 136 valence electrons. The Balaban J connectivity index is 1.79. The summed E-state index contributed by atoms with van der Waals surface area (Å²) >= 11 is 6.13. The summed E-state index contributed by atoms with van der Waals surface area (Å²) in [5, 5.41) is 0.299. The number of hydrogen-bond donors (Lipinski definition) is 0. The Morgan fingerprint density at radius 2 is 1.92 bits per heavy atom. The SMILES string of the molecule is CN(C)S(=O)(=O)c1ccc(CN(Cc2c(F)cccc2Cl)C2CC2)o1. The van der Waals surface area contributed by atoms with Crippen molar-refractivity contribution in [3.05, 3.63) is 52.5 Å². The van der Waals surface area contributed by atoms with Crippen molar-refractivity contribution in [2.75, 3.05) is 14.1 Å². The molecule has 1 saturated carbocycles. The van der Waals surface area contributed by atoms with Crippen molar-refractivity contribution in [1.29, 1.82) is 0 Å². The maximum absolute atomic E-state index is 14.1. The van der Waals surface area contributed by atoms with Crippen molar-refractivity contribution in [2.24, 2.45) is 0 Å². The maximum atomic E-state index is 14.1. The van der Waals surface area contributed by atoms with Gasteiger partial charge in [-0.25, -0.2) is 17.1 Å². The highest BCUT2D eigenvalue weighted by Crippen LogP contribution is 2.32. The van der Waals surface area contributed by atoms with Gasteiger partial charge in [0.1, 0.15) is 11.6 Å². The minimum atomic E-state index is -3.60. The molecule has 0 spiro atoms. The van der Waals surface area contributed by atoms with Crippen LogP contribution in [-0.4, -0.2) is 37.8 Å². The lowest BCUT2D eigenvalue weighted by Crippen LogP contribution is -2.25. The van der Waals surface area contributed by atoms with E-state index in [0.29, 0.717) is 35.5 Å². The first-order chi connectivity index (χ1) is 11.8. The average molecular weight is 387 g/mol. The first-order valence-corrected chi connectivity index (χ1v) is 9.79. The van der Waals surface area contributed by atoms with Crippen LogP contribution in [0.5, 0.6) is 0 Å². The molecule has 0 N–H and O–H groups in total. The fourth-order valence-electron chi connectivity index (χ4n) is 2.60. The van der Waals surface area contributed by atoms with E-state index in [9.17, 15) is 12.8 Å². The third-order valence-corrected chi connectivity index (χ3v) is 6.26. The molecule has 1 aliphatic carbocycles. The quantitative estimate of drug-likeness (QED) is 0.731. The summed E-state index contributed by atoms with van der Waals surface area (Å²) in [5.74, 6) is 0.188. The topological polar surface area (TPSA) is 53.8 Å². The van der Waals surface area contributed by atoms with E-state index in [1.807, 2.05) is 0 Å². The molecule has 2 aromatic rings. The van der Waals surface area contributed by atoms with Crippen LogP contribution in [-0.2, 0) is 23.1 Å². The molecule has 1 aromatic carbocycles. The Labute approximate surface area is 152 Å². The van der Waals surface area contributed by atoms with Crippen LogP contribution in [0, 0.1) is 5.82 Å². The van der Waals surface area contributed by atoms with Crippen LogP contribution in [0.3, 0.4) is 0 Å². The number of nitrogens with zero attached hydrogens (tertiary/aromatic N) is 2. The van der Waals surface area contributed by atoms with Gasteiger partial charge in [0.05, 0.1) is 6.54 Å². The second-order valence-corrected chi connectivity index (χ2v) is 8.83. The summed E-state index contributed by atoms with van der Waals surface area (Å²) in [4.78, 5) is 2.06. The second-order valence-electron chi connectivity index (χ2n) is 6.34. The fourth-order valence-corrected chi connectivity index (χ4v) is 3.64. The molecule has 0 bridgehead atoms. The zero-order chi connectivity index (χ0) is 18.2. The largest absolute Gasteiger partial charge is 0.447 e. The second kappa shape index (κ2) is 7.07. The van der Waals surface area contributed by atoms with Gasteiger partial charge in [-0.15, -0.1) is 0 Å². The van der Waals surface area contributed by atoms with Crippen LogP contribution in [0.4, 0.5) is 4.39 Å². The smallest absolute Gasteiger partial charge is 0.275 e. The molecule has 0 saturated heterocycles. The molecule has 1 aliphatic rings. The minimum Gasteiger partial charge on any atom is -0.447 e. The lowest BCUT2D eigenvalue weighted by atomic mass is 10.2. The van der Waals surface area contributed by atoms with E-state index in [1.54, 1.807) is 18.2 Å². The van der Waals surface area contributed by atoms with E-state index in [-0.39, 0.29) is 10.9 Å². The van der Waals surface area contributed by atoms with Gasteiger partial charge >= 0.3 is 0 Å². The number of sulfonamides is 1. The Morgan fingerprint density at radius 1 is 1.20 bits per heavy atom. The Hall–Kier alpha value is -1.41. The Bertz CT molecular complexity index is 842. The molecule has 1 heterocycles. The van der Waals surface area contributed by atoms with Crippen LogP contribution in [0.2, 0.25) is 5.02 Å². The van der Waals surface area contributed by atoms with E-state index in [4.69, 9.17) is 16.0 Å². The third-order valence-electron chi connectivity index (χ3n) is 4.22. The van der Waals surface area contributed by atoms with Crippen LogP contribution >= 0.6 is 11.6 Å². The Morgan fingerprint density at radius 3 is 2.52 bits per heavy atom. The maximum Gasteiger partial charge on any atom is 0.275 e. The molecule has 0 radical (unpaired) electrons. The van der Waals surface area contributed by atoms with Gasteiger partial charge in [-0.3, -0.25) is 4.90 Å². The first-order valence-electron chi connectivity index (χ1n) is 7.97. The number of furan rings is 1. The number of hydrogen-bond acceptors (Lipinski definition) is 4. The summed E-state index contributed by atoms with van der Waals surface area (Å²) < 4.78 is 44.9. The highest BCUT2D eigenvalue weighted by molar-refractivity contribution is 7.88. The zero-order valence-corrected chi connectivity index (χ0v) is 15.6. The number of halogens is 2. The molecule has 3 rings (SSSR count). The van der Waals surface area contributed by atoms with Crippen LogP contribution in [0.25, 0.3) is 0 Å². The van der Waals surface area contributed by atoms with E-state index in [2.05, 4.69) is 4.90 Å². The minimum absolute atomic E-state index is 0.0906. The summed E-state index contributed by atoms with van der Waals surface area (Å²) in [5.41, 5.74) is 0.448. The van der Waals surface area contributed by atoms with Gasteiger partial charge in [0, 0.05) is 37.3 Å². The standard InChI is InChI=1S/C17H20ClFN2O3S/c1-20(2)25(22,23)17-9-8-13(24-17)10-21(12-6-7-12)11-14-15(18)4-3-5-16(14)19/h3-5,8-9,12H,6-7,10-11H2,1-2H3. The van der Waals surface area contributed by atoms with Crippen molar-refractivity contribution >= 4 is 21.6 Å². The van der Waals surface area contributed by atoms with E-state index in [0.717, 1.165) is 17.1 Å². The Kier molecular flexibility index (Phi) is 5.20. The number of benzene rings is 1. The van der Waals surface area contributed by atoms with Gasteiger partial charge in [0.15, 0.2) is 0 Å². The molecule has 1 fully saturated rings. The highest BCUT2D eigenvalue weighted by Gasteiger charge is 2.31. The van der Waals surface area contributed by atoms with E-state index >= 15 is 0 Å². The first kappa shape index (κ1) is 18.4. The molecule has 8 heteroatoms. The van der Waals surface area contributed by atoms with Crippen molar-refractivity contribution in [3.8, 4) is 0 Å². The molecular weight excluding hydrogens is 367 g/mol. The van der Waals surface area contributed by atoms with E-state index in [1.165, 1.54) is 26.2 Å². The predicted molar refractivity (Wildman–Crippen MR) is 93.3 cm³/mol. The molecule has 0 atom stereocenters. The zero-order valence-electron chi connectivity index (χ0n) is 14.1. The van der Waals surface area contributed by atoms with Gasteiger partial charge in [-0.2, -0.15) is 0 Å². The molecule has 25 heavy (non-hydrogen) atoms. The summed E-state index contributed by atoms with van der Waals surface area (Å²) in [7, 11) is -0.697. The predicted octanol–water partition coefficient (Wildman–Crippen LogP) is 3.49. The number of rotatable bonds is 7. The third kappa shape index (κ3) is 4.06. The summed E-state index contributed by atoms with van der Waals surface area (Å²) in [6, 6.07) is 8.06. The lowest BCUT2D eigenvalue weighted by molar-refractivity contribution is 0.215. The van der Waals surface area contributed by atoms with Gasteiger partial charge in [0.25, 0.3) is 10.0 Å². The van der Waals surface area contributed by atoms with Crippen LogP contribution in [0.15, 0.2) is 39.8 Å². The van der Waals surface area contributed by atoms with Gasteiger partial charge in [-0.05, 0) is 37.1 Å². The molecule has 0 aliphatic heterocycles. The average Bonchev–Trinajstić information content (AvgIpc) is 3.28. The highest BCUT2D eigenvalue weighted by atomic mass is 35.5. The van der Waals surface area contributed by atoms with Gasteiger partial charge < -0.3 is 4.42 Å². The normalized spacial score (nSPS) is 15.3. The van der Waals surface area contributed by atoms with E-state index < -0.39 is 10.0 Å². The monoisotopic (exact) mass is 386 g/mol. The lowest BCUT2D eigenvalue weighted by Gasteiger charge is -2.21. The van der Waals surface area contributed by atoms with Crippen molar-refractivity contribution < 1.29 is 17.2 Å². The van der Waals surface area contributed by atoms with Crippen molar-refractivity contribution in [2.45, 2.75) is 37.1 Å². The van der Waals surface area contributed by atoms with Crippen LogP contribution in [0.1, 0.15) is 24.2 Å². The molecule has 1 aromatic heterocycles. The van der Waals surface area contributed by atoms with Crippen molar-refractivity contribution in [1.82, 2.24) is 9.21 Å². The van der Waals surface area contributed by atoms with Gasteiger partial charge in [-0.1, -0.05) is 17.7 Å². The van der Waals surface area contributed by atoms with Crippen LogP contribution < -0.4 is 0 Å². The fraction of sp³-hybridized carbons (Fsp3) is 0.412. The molecular formula is C17H20ClFN2O3S. The molecule has 0 unspecified atom stereocenters. The van der Waals surface area contributed by atoms with Crippen molar-refractivity contribution in [3.63, 3.8) is 0 Å². The molecule has 5 nitrogen and oxygen atoms in total. The summed E-state index contributed by atoms with van der Waals surface area (Å²) in [6.45, 7) is 0.755. The van der Waals surface area contributed by atoms with Gasteiger partial charge in [0.2, 0.25) is 5.09 Å². The molecule has 0 amide bonds. The summed E-state index contributed by atoms with van der Waals surface area (Å²) in [6.07, 6.45) is 2.05.